The van der Waals surface area contributed by atoms with Gasteiger partial charge in [-0.25, -0.2) is 9.18 Å². The third-order valence-corrected chi connectivity index (χ3v) is 3.64. The molecule has 0 fully saturated rings. The molecule has 1 heterocycles. The Hall–Kier alpha value is -3.48. The summed E-state index contributed by atoms with van der Waals surface area (Å²) in [6.45, 7) is 0. The van der Waals surface area contributed by atoms with Crippen molar-refractivity contribution in [1.82, 2.24) is 4.98 Å². The van der Waals surface area contributed by atoms with E-state index < -0.39 is 17.7 Å². The number of carbonyl (C=O) groups is 2. The largest absolute Gasteiger partial charge is 0.478 e. The standard InChI is InChI=1S/C18H14FN3O3/c19-11-5-7-15(13(8-11)18(24)25)22-16(23)9-12-6-4-10-2-1-3-14(20)17(10)21-12/h1-8H,9,20H2,(H,22,23)(H,24,25). The normalized spacial score (nSPS) is 10.6. The van der Waals surface area contributed by atoms with E-state index in [1.54, 1.807) is 12.1 Å². The lowest BCUT2D eigenvalue weighted by molar-refractivity contribution is -0.115. The average molecular weight is 339 g/mol. The Morgan fingerprint density at radius 3 is 2.72 bits per heavy atom. The number of anilines is 2. The van der Waals surface area contributed by atoms with Crippen LogP contribution in [-0.4, -0.2) is 22.0 Å². The number of benzene rings is 2. The molecule has 0 radical (unpaired) electrons. The fourth-order valence-corrected chi connectivity index (χ4v) is 2.47. The van der Waals surface area contributed by atoms with E-state index in [0.29, 0.717) is 16.9 Å². The van der Waals surface area contributed by atoms with Gasteiger partial charge >= 0.3 is 5.97 Å². The molecule has 25 heavy (non-hydrogen) atoms. The zero-order chi connectivity index (χ0) is 18.0. The number of fused-ring (bicyclic) bond motifs is 1. The van der Waals surface area contributed by atoms with E-state index in [0.717, 1.165) is 17.5 Å². The Morgan fingerprint density at radius 1 is 1.16 bits per heavy atom. The lowest BCUT2D eigenvalue weighted by Crippen LogP contribution is -2.17. The van der Waals surface area contributed by atoms with Crippen LogP contribution in [0.4, 0.5) is 15.8 Å². The van der Waals surface area contributed by atoms with Crippen molar-refractivity contribution in [3.63, 3.8) is 0 Å². The summed E-state index contributed by atoms with van der Waals surface area (Å²) in [5.74, 6) is -2.48. The quantitative estimate of drug-likeness (QED) is 0.634. The smallest absolute Gasteiger partial charge is 0.337 e. The van der Waals surface area contributed by atoms with Gasteiger partial charge in [-0.2, -0.15) is 0 Å². The molecule has 0 atom stereocenters. The SMILES string of the molecule is Nc1cccc2ccc(CC(=O)Nc3ccc(F)cc3C(=O)O)nc12. The number of nitrogen functional groups attached to an aromatic ring is 1. The second-order valence-corrected chi connectivity index (χ2v) is 5.44. The average Bonchev–Trinajstić information content (AvgIpc) is 2.57. The highest BCUT2D eigenvalue weighted by Gasteiger charge is 2.14. The van der Waals surface area contributed by atoms with Crippen molar-refractivity contribution in [3.8, 4) is 0 Å². The van der Waals surface area contributed by atoms with E-state index in [1.807, 2.05) is 18.2 Å². The van der Waals surface area contributed by atoms with Crippen LogP contribution < -0.4 is 11.1 Å². The van der Waals surface area contributed by atoms with Crippen LogP contribution in [0.1, 0.15) is 16.1 Å². The van der Waals surface area contributed by atoms with Crippen molar-refractivity contribution < 1.29 is 19.1 Å². The molecule has 1 amide bonds. The third-order valence-electron chi connectivity index (χ3n) is 3.64. The van der Waals surface area contributed by atoms with Gasteiger partial charge in [0.1, 0.15) is 5.82 Å². The van der Waals surface area contributed by atoms with E-state index in [1.165, 1.54) is 6.07 Å². The fraction of sp³-hybridized carbons (Fsp3) is 0.0556. The van der Waals surface area contributed by atoms with Gasteiger partial charge in [0, 0.05) is 5.39 Å². The minimum Gasteiger partial charge on any atom is -0.478 e. The number of carboxylic acids is 1. The number of pyridine rings is 1. The summed E-state index contributed by atoms with van der Waals surface area (Å²) in [4.78, 5) is 27.7. The first-order chi connectivity index (χ1) is 11.9. The van der Waals surface area contributed by atoms with Crippen LogP contribution in [0.3, 0.4) is 0 Å². The predicted octanol–water partition coefficient (Wildman–Crippen LogP) is 2.84. The van der Waals surface area contributed by atoms with Gasteiger partial charge in [0.05, 0.1) is 34.6 Å². The number of rotatable bonds is 4. The monoisotopic (exact) mass is 339 g/mol. The van der Waals surface area contributed by atoms with Gasteiger partial charge in [0.15, 0.2) is 0 Å². The number of amides is 1. The number of halogens is 1. The van der Waals surface area contributed by atoms with Gasteiger partial charge in [0.25, 0.3) is 0 Å². The molecule has 0 bridgehead atoms. The summed E-state index contributed by atoms with van der Waals surface area (Å²) in [7, 11) is 0. The van der Waals surface area contributed by atoms with Gasteiger partial charge in [-0.3, -0.25) is 9.78 Å². The molecule has 2 aromatic carbocycles. The summed E-state index contributed by atoms with van der Waals surface area (Å²) in [6.07, 6.45) is -0.0687. The molecule has 0 aliphatic carbocycles. The van der Waals surface area contributed by atoms with Crippen molar-refractivity contribution in [2.75, 3.05) is 11.1 Å². The first-order valence-corrected chi connectivity index (χ1v) is 7.41. The lowest BCUT2D eigenvalue weighted by Gasteiger charge is -2.09. The Kier molecular flexibility index (Phi) is 4.30. The van der Waals surface area contributed by atoms with Gasteiger partial charge in [-0.1, -0.05) is 18.2 Å². The summed E-state index contributed by atoms with van der Waals surface area (Å²) in [6, 6.07) is 12.0. The molecule has 4 N–H and O–H groups in total. The third kappa shape index (κ3) is 3.55. The predicted molar refractivity (Wildman–Crippen MR) is 91.8 cm³/mol. The van der Waals surface area contributed by atoms with E-state index in [-0.39, 0.29) is 17.7 Å². The Labute approximate surface area is 142 Å². The highest BCUT2D eigenvalue weighted by atomic mass is 19.1. The number of carboxylic acid groups (broad SMARTS) is 1. The summed E-state index contributed by atoms with van der Waals surface area (Å²) in [5, 5.41) is 12.4. The first-order valence-electron chi connectivity index (χ1n) is 7.41. The molecule has 0 aliphatic rings. The van der Waals surface area contributed by atoms with Crippen LogP contribution in [0.25, 0.3) is 10.9 Å². The fourth-order valence-electron chi connectivity index (χ4n) is 2.47. The van der Waals surface area contributed by atoms with Crippen LogP contribution >= 0.6 is 0 Å². The second kappa shape index (κ2) is 6.56. The van der Waals surface area contributed by atoms with Crippen LogP contribution in [0.2, 0.25) is 0 Å². The maximum absolute atomic E-state index is 13.2. The number of carbonyl (C=O) groups excluding carboxylic acids is 1. The molecule has 0 spiro atoms. The molecular formula is C18H14FN3O3. The molecule has 126 valence electrons. The van der Waals surface area contributed by atoms with Crippen molar-refractivity contribution in [2.45, 2.75) is 6.42 Å². The van der Waals surface area contributed by atoms with Crippen LogP contribution in [0.15, 0.2) is 48.5 Å². The molecule has 1 aromatic heterocycles. The number of hydrogen-bond donors (Lipinski definition) is 3. The zero-order valence-corrected chi connectivity index (χ0v) is 13.0. The number of hydrogen-bond acceptors (Lipinski definition) is 4. The minimum absolute atomic E-state index is 0.0270. The molecule has 3 rings (SSSR count). The Morgan fingerprint density at radius 2 is 1.96 bits per heavy atom. The second-order valence-electron chi connectivity index (χ2n) is 5.44. The van der Waals surface area contributed by atoms with Crippen LogP contribution in [-0.2, 0) is 11.2 Å². The highest BCUT2D eigenvalue weighted by Crippen LogP contribution is 2.20. The van der Waals surface area contributed by atoms with Crippen LogP contribution in [0, 0.1) is 5.82 Å². The van der Waals surface area contributed by atoms with Gasteiger partial charge < -0.3 is 16.2 Å². The lowest BCUT2D eigenvalue weighted by atomic mass is 10.1. The van der Waals surface area contributed by atoms with Crippen molar-refractivity contribution >= 4 is 34.2 Å². The van der Waals surface area contributed by atoms with E-state index in [9.17, 15) is 14.0 Å². The molecule has 0 aliphatic heterocycles. The maximum atomic E-state index is 13.2. The van der Waals surface area contributed by atoms with E-state index >= 15 is 0 Å². The van der Waals surface area contributed by atoms with E-state index in [4.69, 9.17) is 10.8 Å². The number of para-hydroxylation sites is 1. The number of nitrogens with two attached hydrogens (primary N) is 1. The number of nitrogens with zero attached hydrogens (tertiary/aromatic N) is 1. The molecule has 0 saturated heterocycles. The Bertz CT molecular complexity index is 988. The van der Waals surface area contributed by atoms with Crippen molar-refractivity contribution in [1.29, 1.82) is 0 Å². The van der Waals surface area contributed by atoms with Crippen LogP contribution in [0.5, 0.6) is 0 Å². The highest BCUT2D eigenvalue weighted by molar-refractivity contribution is 6.01. The first kappa shape index (κ1) is 16.4. The summed E-state index contributed by atoms with van der Waals surface area (Å²) >= 11 is 0. The molecule has 6 nitrogen and oxygen atoms in total. The number of aromatic carboxylic acids is 1. The van der Waals surface area contributed by atoms with Gasteiger partial charge in [-0.15, -0.1) is 0 Å². The topological polar surface area (TPSA) is 105 Å². The zero-order valence-electron chi connectivity index (χ0n) is 13.0. The minimum atomic E-state index is -1.33. The van der Waals surface area contributed by atoms with Gasteiger partial charge in [0.2, 0.25) is 5.91 Å². The summed E-state index contributed by atoms with van der Waals surface area (Å²) < 4.78 is 13.2. The molecular weight excluding hydrogens is 325 g/mol. The molecule has 7 heteroatoms. The van der Waals surface area contributed by atoms with Gasteiger partial charge in [-0.05, 0) is 30.3 Å². The molecule has 0 unspecified atom stereocenters. The summed E-state index contributed by atoms with van der Waals surface area (Å²) in [5.41, 5.74) is 7.19. The van der Waals surface area contributed by atoms with Crippen molar-refractivity contribution in [2.24, 2.45) is 0 Å². The number of nitrogens with one attached hydrogen (secondary N) is 1. The molecule has 0 saturated carbocycles. The van der Waals surface area contributed by atoms with Crippen molar-refractivity contribution in [3.05, 3.63) is 65.6 Å². The van der Waals surface area contributed by atoms with E-state index in [2.05, 4.69) is 10.3 Å². The maximum Gasteiger partial charge on any atom is 0.337 e. The Balaban J connectivity index is 1.82. The number of aromatic nitrogens is 1. The molecule has 3 aromatic rings.